The molecule has 0 bridgehead atoms. The van der Waals surface area contributed by atoms with Gasteiger partial charge in [0, 0.05) is 32.6 Å². The van der Waals surface area contributed by atoms with Crippen molar-refractivity contribution in [2.24, 2.45) is 17.6 Å². The summed E-state index contributed by atoms with van der Waals surface area (Å²) in [6.45, 7) is 10.7. The Morgan fingerprint density at radius 2 is 1.45 bits per heavy atom. The van der Waals surface area contributed by atoms with Crippen LogP contribution in [0.3, 0.4) is 0 Å². The van der Waals surface area contributed by atoms with Crippen LogP contribution in [0.25, 0.3) is 0 Å². The van der Waals surface area contributed by atoms with Gasteiger partial charge in [0.1, 0.15) is 0 Å². The number of rotatable bonds is 5. The van der Waals surface area contributed by atoms with Gasteiger partial charge in [-0.05, 0) is 18.3 Å². The Balaban J connectivity index is 2.41. The van der Waals surface area contributed by atoms with E-state index in [2.05, 4.69) is 13.8 Å². The van der Waals surface area contributed by atoms with Crippen LogP contribution in [0.2, 0.25) is 0 Å². The maximum absolute atomic E-state index is 12.2. The van der Waals surface area contributed by atoms with Gasteiger partial charge in [-0.1, -0.05) is 27.7 Å². The Morgan fingerprint density at radius 1 is 0.950 bits per heavy atom. The Kier molecular flexibility index (Phi) is 6.46. The second-order valence-electron chi connectivity index (χ2n) is 6.54. The third kappa shape index (κ3) is 5.12. The van der Waals surface area contributed by atoms with Gasteiger partial charge in [-0.25, -0.2) is 0 Å². The Bertz CT molecular complexity index is 334. The van der Waals surface area contributed by atoms with Crippen molar-refractivity contribution in [3.8, 4) is 0 Å². The summed E-state index contributed by atoms with van der Waals surface area (Å²) in [5.41, 5.74) is 5.94. The molecule has 5 nitrogen and oxygen atoms in total. The Morgan fingerprint density at radius 3 is 1.90 bits per heavy atom. The summed E-state index contributed by atoms with van der Waals surface area (Å²) in [6.07, 6.45) is 1.30. The van der Waals surface area contributed by atoms with Crippen molar-refractivity contribution in [2.45, 2.75) is 46.6 Å². The molecule has 0 spiro atoms. The van der Waals surface area contributed by atoms with Crippen molar-refractivity contribution < 1.29 is 9.59 Å². The van der Waals surface area contributed by atoms with Crippen LogP contribution in [0, 0.1) is 11.8 Å². The third-order valence-corrected chi connectivity index (χ3v) is 3.57. The molecule has 2 N–H and O–H groups in total. The van der Waals surface area contributed by atoms with Crippen LogP contribution >= 0.6 is 0 Å². The number of hydrogen-bond acceptors (Lipinski definition) is 3. The molecule has 1 saturated heterocycles. The van der Waals surface area contributed by atoms with E-state index in [4.69, 9.17) is 5.73 Å². The average Bonchev–Trinajstić information content (AvgIpc) is 2.36. The first-order valence-electron chi connectivity index (χ1n) is 7.63. The zero-order chi connectivity index (χ0) is 15.3. The molecular weight excluding hydrogens is 254 g/mol. The fraction of sp³-hybridized carbons (Fsp3) is 0.867. The molecular formula is C15H29N3O2. The molecule has 0 radical (unpaired) electrons. The normalized spacial score (nSPS) is 17.8. The number of amides is 2. The molecule has 1 aliphatic rings. The minimum Gasteiger partial charge on any atom is -0.339 e. The zero-order valence-corrected chi connectivity index (χ0v) is 13.3. The first-order valence-corrected chi connectivity index (χ1v) is 7.63. The van der Waals surface area contributed by atoms with Gasteiger partial charge < -0.3 is 15.5 Å². The molecule has 0 unspecified atom stereocenters. The molecule has 2 amide bonds. The number of nitrogens with two attached hydrogens (primary N) is 1. The maximum Gasteiger partial charge on any atom is 0.239 e. The molecule has 116 valence electrons. The van der Waals surface area contributed by atoms with Gasteiger partial charge in [0.05, 0.1) is 6.04 Å². The van der Waals surface area contributed by atoms with E-state index in [-0.39, 0.29) is 11.8 Å². The van der Waals surface area contributed by atoms with E-state index in [1.54, 1.807) is 4.90 Å². The molecule has 0 aliphatic carbocycles. The van der Waals surface area contributed by atoms with Crippen molar-refractivity contribution in [2.75, 3.05) is 26.2 Å². The van der Waals surface area contributed by atoms with Crippen molar-refractivity contribution in [3.63, 3.8) is 0 Å². The predicted octanol–water partition coefficient (Wildman–Crippen LogP) is 1.08. The summed E-state index contributed by atoms with van der Waals surface area (Å²) in [5.74, 6) is 1.01. The van der Waals surface area contributed by atoms with E-state index >= 15 is 0 Å². The van der Waals surface area contributed by atoms with Crippen LogP contribution in [0.4, 0.5) is 0 Å². The van der Waals surface area contributed by atoms with Crippen molar-refractivity contribution in [1.82, 2.24) is 9.80 Å². The lowest BCUT2D eigenvalue weighted by Gasteiger charge is -2.36. The second kappa shape index (κ2) is 7.62. The fourth-order valence-corrected chi connectivity index (χ4v) is 2.50. The highest BCUT2D eigenvalue weighted by atomic mass is 16.2. The standard InChI is InChI=1S/C15H29N3O2/c1-11(2)9-13(16)15(20)18-7-5-17(6-8-18)14(19)10-12(3)4/h11-13H,5-10,16H2,1-4H3/t13-/m1/s1. The number of carbonyl (C=O) groups is 2. The first-order chi connectivity index (χ1) is 9.31. The van der Waals surface area contributed by atoms with Crippen LogP contribution in [0.1, 0.15) is 40.5 Å². The molecule has 0 aromatic heterocycles. The van der Waals surface area contributed by atoms with Gasteiger partial charge in [-0.15, -0.1) is 0 Å². The summed E-state index contributed by atoms with van der Waals surface area (Å²) in [7, 11) is 0. The number of hydrogen-bond donors (Lipinski definition) is 1. The van der Waals surface area contributed by atoms with Crippen LogP contribution < -0.4 is 5.73 Å². The zero-order valence-electron chi connectivity index (χ0n) is 13.3. The summed E-state index contributed by atoms with van der Waals surface area (Å²) >= 11 is 0. The van der Waals surface area contributed by atoms with Crippen molar-refractivity contribution in [1.29, 1.82) is 0 Å². The SMILES string of the molecule is CC(C)CC(=O)N1CCN(C(=O)[C@H](N)CC(C)C)CC1. The fourth-order valence-electron chi connectivity index (χ4n) is 2.50. The molecule has 1 fully saturated rings. The van der Waals surface area contributed by atoms with Gasteiger partial charge in [-0.2, -0.15) is 0 Å². The monoisotopic (exact) mass is 283 g/mol. The van der Waals surface area contributed by atoms with Crippen molar-refractivity contribution >= 4 is 11.8 Å². The average molecular weight is 283 g/mol. The smallest absolute Gasteiger partial charge is 0.239 e. The summed E-state index contributed by atoms with van der Waals surface area (Å²) in [4.78, 5) is 27.8. The lowest BCUT2D eigenvalue weighted by molar-refractivity contribution is -0.140. The van der Waals surface area contributed by atoms with Crippen LogP contribution in [0.15, 0.2) is 0 Å². The quantitative estimate of drug-likeness (QED) is 0.821. The summed E-state index contributed by atoms with van der Waals surface area (Å²) in [6, 6.07) is -0.409. The second-order valence-corrected chi connectivity index (χ2v) is 6.54. The minimum atomic E-state index is -0.409. The molecule has 1 aliphatic heterocycles. The van der Waals surface area contributed by atoms with Crippen LogP contribution in [0.5, 0.6) is 0 Å². The number of nitrogens with zero attached hydrogens (tertiary/aromatic N) is 2. The van der Waals surface area contributed by atoms with E-state index < -0.39 is 6.04 Å². The summed E-state index contributed by atoms with van der Waals surface area (Å²) < 4.78 is 0. The van der Waals surface area contributed by atoms with Gasteiger partial charge >= 0.3 is 0 Å². The maximum atomic E-state index is 12.2. The van der Waals surface area contributed by atoms with Crippen LogP contribution in [-0.4, -0.2) is 53.8 Å². The highest BCUT2D eigenvalue weighted by Crippen LogP contribution is 2.11. The van der Waals surface area contributed by atoms with E-state index in [1.807, 2.05) is 18.7 Å². The molecule has 1 heterocycles. The molecule has 5 heteroatoms. The largest absolute Gasteiger partial charge is 0.339 e. The van der Waals surface area contributed by atoms with Gasteiger partial charge in [0.15, 0.2) is 0 Å². The van der Waals surface area contributed by atoms with E-state index in [1.165, 1.54) is 0 Å². The van der Waals surface area contributed by atoms with Gasteiger partial charge in [0.25, 0.3) is 0 Å². The number of carbonyl (C=O) groups excluding carboxylic acids is 2. The van der Waals surface area contributed by atoms with Gasteiger partial charge in [-0.3, -0.25) is 9.59 Å². The lowest BCUT2D eigenvalue weighted by atomic mass is 10.0. The molecule has 1 rings (SSSR count). The van der Waals surface area contributed by atoms with Gasteiger partial charge in [0.2, 0.25) is 11.8 Å². The van der Waals surface area contributed by atoms with E-state index in [0.717, 1.165) is 0 Å². The third-order valence-electron chi connectivity index (χ3n) is 3.57. The predicted molar refractivity (Wildman–Crippen MR) is 80.0 cm³/mol. The lowest BCUT2D eigenvalue weighted by Crippen LogP contribution is -2.54. The molecule has 0 aromatic rings. The van der Waals surface area contributed by atoms with E-state index in [0.29, 0.717) is 50.9 Å². The van der Waals surface area contributed by atoms with E-state index in [9.17, 15) is 9.59 Å². The Labute approximate surface area is 122 Å². The highest BCUT2D eigenvalue weighted by Gasteiger charge is 2.27. The molecule has 20 heavy (non-hydrogen) atoms. The molecule has 0 aromatic carbocycles. The summed E-state index contributed by atoms with van der Waals surface area (Å²) in [5, 5.41) is 0. The van der Waals surface area contributed by atoms with Crippen molar-refractivity contribution in [3.05, 3.63) is 0 Å². The topological polar surface area (TPSA) is 66.6 Å². The van der Waals surface area contributed by atoms with Crippen LogP contribution in [-0.2, 0) is 9.59 Å². The first kappa shape index (κ1) is 17.0. The molecule has 0 saturated carbocycles. The molecule has 1 atom stereocenters. The number of piperazine rings is 1. The Hall–Kier alpha value is -1.10. The highest BCUT2D eigenvalue weighted by molar-refractivity contribution is 5.82. The minimum absolute atomic E-state index is 0.0228.